The lowest BCUT2D eigenvalue weighted by atomic mass is 10.1. The number of hydrogen-bond donors (Lipinski definition) is 2. The van der Waals surface area contributed by atoms with Crippen molar-refractivity contribution in [2.75, 3.05) is 11.1 Å². The number of rotatable bonds is 11. The molecule has 8 aromatic rings. The van der Waals surface area contributed by atoms with E-state index in [-0.39, 0.29) is 29.0 Å². The fraction of sp³-hybridized carbons (Fsp3) is 0.304. The molecule has 0 spiro atoms. The van der Waals surface area contributed by atoms with Gasteiger partial charge in [0.1, 0.15) is 34.7 Å². The number of hydrogen-bond acceptors (Lipinski definition) is 13. The lowest BCUT2D eigenvalue weighted by molar-refractivity contribution is 0.102. The Bertz CT molecular complexity index is 3080. The van der Waals surface area contributed by atoms with Crippen molar-refractivity contribution in [2.45, 2.75) is 91.1 Å². The number of aromatic nitrogens is 14. The monoisotopic (exact) mass is 928 g/mol. The van der Waals surface area contributed by atoms with Gasteiger partial charge in [0, 0.05) is 24.2 Å². The molecule has 0 atom stereocenters. The molecule has 0 radical (unpaired) electrons. The number of aryl methyl sites for hydroxylation is 2. The number of nitrogens with one attached hydrogen (secondary N) is 1. The molecule has 1 amide bonds. The van der Waals surface area contributed by atoms with E-state index in [0.717, 1.165) is 35.5 Å². The first kappa shape index (κ1) is 45.9. The second-order valence-corrected chi connectivity index (χ2v) is 17.2. The lowest BCUT2D eigenvalue weighted by Crippen LogP contribution is -2.16. The number of amides is 1. The summed E-state index contributed by atoms with van der Waals surface area (Å²) >= 11 is 5.38. The van der Waals surface area contributed by atoms with Gasteiger partial charge in [0.2, 0.25) is 11.6 Å². The maximum atomic E-state index is 14.8. The van der Waals surface area contributed by atoms with Crippen LogP contribution in [0.5, 0.6) is 0 Å². The van der Waals surface area contributed by atoms with Crippen LogP contribution in [-0.4, -0.2) is 80.6 Å². The minimum atomic E-state index is -0.790. The van der Waals surface area contributed by atoms with Crippen LogP contribution in [0.4, 0.5) is 20.4 Å². The standard InChI is InChI=1S/C23H23FN8O.C14H12ClFN2O.C9H12N6/c1-13(2)32-22(28-29-30-32)18-5-4-6-21(26-18)27-23(33)16-10-20(14(3)9-17(16)24)31-11-19(25-12-31)15-7-8-15;1-8-4-11(16)10(14(15)19)5-13(8)18-6-12(17-7-18)9-2-3-9;1-6(2)15-9(12-13-14-15)7-4-3-5-8(10)11-7/h4-6,9-13,15H,7-8H2,1-3H3,(H,26,27,33);4-7,9H,2-3H2,1H3;3-6H,1-2H3,(H2,10,11). The van der Waals surface area contributed by atoms with Gasteiger partial charge in [-0.05, 0) is 159 Å². The Balaban J connectivity index is 0.000000151. The Morgan fingerprint density at radius 2 is 1.18 bits per heavy atom. The molecule has 0 bridgehead atoms. The van der Waals surface area contributed by atoms with E-state index >= 15 is 0 Å². The molecule has 3 N–H and O–H groups in total. The summed E-state index contributed by atoms with van der Waals surface area (Å²) in [4.78, 5) is 41.6. The van der Waals surface area contributed by atoms with E-state index in [9.17, 15) is 18.4 Å². The van der Waals surface area contributed by atoms with Crippen molar-refractivity contribution >= 4 is 34.4 Å². The molecule has 6 aromatic heterocycles. The Kier molecular flexibility index (Phi) is 13.3. The highest BCUT2D eigenvalue weighted by Crippen LogP contribution is 2.40. The second-order valence-electron chi connectivity index (χ2n) is 16.9. The smallest absolute Gasteiger partial charge is 0.259 e. The summed E-state index contributed by atoms with van der Waals surface area (Å²) in [6.45, 7) is 11.5. The summed E-state index contributed by atoms with van der Waals surface area (Å²) in [6.07, 6.45) is 11.9. The summed E-state index contributed by atoms with van der Waals surface area (Å²) in [6, 6.07) is 16.4. The number of nitrogen functional groups attached to an aromatic ring is 1. The van der Waals surface area contributed by atoms with Crippen LogP contribution in [0.15, 0.2) is 85.7 Å². The number of imidazole rings is 2. The van der Waals surface area contributed by atoms with E-state index in [1.54, 1.807) is 66.2 Å². The second kappa shape index (κ2) is 19.5. The predicted molar refractivity (Wildman–Crippen MR) is 246 cm³/mol. The summed E-state index contributed by atoms with van der Waals surface area (Å²) in [7, 11) is 0. The van der Waals surface area contributed by atoms with Crippen LogP contribution < -0.4 is 11.1 Å². The molecule has 2 fully saturated rings. The number of nitrogens with zero attached hydrogens (tertiary/aromatic N) is 14. The normalized spacial score (nSPS) is 13.2. The number of tetrazole rings is 2. The molecule has 0 saturated heterocycles. The van der Waals surface area contributed by atoms with Gasteiger partial charge < -0.3 is 20.2 Å². The summed E-state index contributed by atoms with van der Waals surface area (Å²) < 4.78 is 35.4. The van der Waals surface area contributed by atoms with Crippen molar-refractivity contribution < 1.29 is 18.4 Å². The topological polar surface area (TPSA) is 221 Å². The molecule has 0 unspecified atom stereocenters. The van der Waals surface area contributed by atoms with Gasteiger partial charge in [0.25, 0.3) is 11.1 Å². The molecule has 18 nitrogen and oxygen atoms in total. The van der Waals surface area contributed by atoms with Crippen LogP contribution in [0, 0.1) is 25.5 Å². The van der Waals surface area contributed by atoms with Gasteiger partial charge in [-0.3, -0.25) is 9.59 Å². The average Bonchev–Trinajstić information content (AvgIpc) is 4.02. The molecule has 10 rings (SSSR count). The number of pyridine rings is 2. The molecular weight excluding hydrogens is 882 g/mol. The summed E-state index contributed by atoms with van der Waals surface area (Å²) in [5.41, 5.74) is 11.6. The first-order valence-corrected chi connectivity index (χ1v) is 22.0. The van der Waals surface area contributed by atoms with Crippen molar-refractivity contribution in [3.63, 3.8) is 0 Å². The quantitative estimate of drug-likeness (QED) is 0.116. The van der Waals surface area contributed by atoms with Crippen molar-refractivity contribution in [3.8, 4) is 34.4 Å². The van der Waals surface area contributed by atoms with E-state index in [2.05, 4.69) is 56.3 Å². The third-order valence-corrected chi connectivity index (χ3v) is 11.2. The van der Waals surface area contributed by atoms with Crippen molar-refractivity contribution in [2.24, 2.45) is 0 Å². The third kappa shape index (κ3) is 10.6. The number of anilines is 2. The Morgan fingerprint density at radius 3 is 1.66 bits per heavy atom. The van der Waals surface area contributed by atoms with Crippen LogP contribution in [0.1, 0.15) is 121 Å². The van der Waals surface area contributed by atoms with E-state index < -0.39 is 22.8 Å². The fourth-order valence-electron chi connectivity index (χ4n) is 7.13. The highest BCUT2D eigenvalue weighted by Gasteiger charge is 2.27. The molecule has 67 heavy (non-hydrogen) atoms. The van der Waals surface area contributed by atoms with E-state index in [1.807, 2.05) is 61.4 Å². The molecule has 21 heteroatoms. The maximum Gasteiger partial charge on any atom is 0.259 e. The van der Waals surface area contributed by atoms with Crippen molar-refractivity contribution in [3.05, 3.63) is 131 Å². The molecule has 2 aliphatic carbocycles. The minimum absolute atomic E-state index is 0.0405. The van der Waals surface area contributed by atoms with Gasteiger partial charge in [0.15, 0.2) is 0 Å². The summed E-state index contributed by atoms with van der Waals surface area (Å²) in [5.74, 6) is 1.13. The number of carbonyl (C=O) groups excluding carboxylic acids is 2. The van der Waals surface area contributed by atoms with E-state index in [1.165, 1.54) is 31.0 Å². The van der Waals surface area contributed by atoms with Gasteiger partial charge >= 0.3 is 0 Å². The Morgan fingerprint density at radius 1 is 0.701 bits per heavy atom. The molecule has 2 saturated carbocycles. The third-order valence-electron chi connectivity index (χ3n) is 11.0. The van der Waals surface area contributed by atoms with Gasteiger partial charge in [0.05, 0.1) is 58.6 Å². The van der Waals surface area contributed by atoms with Crippen LogP contribution >= 0.6 is 11.6 Å². The zero-order chi connectivity index (χ0) is 47.5. The van der Waals surface area contributed by atoms with Crippen LogP contribution in [0.3, 0.4) is 0 Å². The first-order valence-electron chi connectivity index (χ1n) is 21.6. The molecule has 344 valence electrons. The van der Waals surface area contributed by atoms with Gasteiger partial charge in [-0.2, -0.15) is 0 Å². The highest BCUT2D eigenvalue weighted by molar-refractivity contribution is 6.67. The van der Waals surface area contributed by atoms with E-state index in [0.29, 0.717) is 51.9 Å². The molecule has 2 aliphatic rings. The summed E-state index contributed by atoms with van der Waals surface area (Å²) in [5, 5.41) is 25.1. The Hall–Kier alpha value is -7.61. The van der Waals surface area contributed by atoms with Gasteiger partial charge in [-0.25, -0.2) is 38.1 Å². The largest absolute Gasteiger partial charge is 0.384 e. The number of benzene rings is 2. The molecule has 6 heterocycles. The van der Waals surface area contributed by atoms with E-state index in [4.69, 9.17) is 17.3 Å². The number of carbonyl (C=O) groups is 2. The van der Waals surface area contributed by atoms with Crippen LogP contribution in [0.25, 0.3) is 34.4 Å². The molecule has 0 aliphatic heterocycles. The number of nitrogens with two attached hydrogens (primary N) is 1. The van der Waals surface area contributed by atoms with Gasteiger partial charge in [-0.1, -0.05) is 12.1 Å². The zero-order valence-electron chi connectivity index (χ0n) is 37.5. The Labute approximate surface area is 388 Å². The number of halogens is 3. The molecular formula is C46H47ClF2N16O2. The average molecular weight is 929 g/mol. The zero-order valence-corrected chi connectivity index (χ0v) is 38.3. The minimum Gasteiger partial charge on any atom is -0.384 e. The van der Waals surface area contributed by atoms with Crippen molar-refractivity contribution in [1.29, 1.82) is 0 Å². The van der Waals surface area contributed by atoms with Crippen molar-refractivity contribution in [1.82, 2.24) is 69.5 Å². The van der Waals surface area contributed by atoms with Crippen LogP contribution in [0.2, 0.25) is 0 Å². The SMILES string of the molecule is CC(C)n1nnnc1-c1cccc(N)n1.Cc1cc(F)c(C(=O)Cl)cc1-n1cnc(C2CC2)c1.Cc1cc(F)c(C(=O)Nc2cccc(-c3nnnn3C(C)C)n2)cc1-n1cnc(C2CC2)c1. The van der Waals surface area contributed by atoms with Crippen LogP contribution in [-0.2, 0) is 0 Å². The molecule has 2 aromatic carbocycles. The first-order chi connectivity index (χ1) is 32.1. The predicted octanol–water partition coefficient (Wildman–Crippen LogP) is 8.55. The highest BCUT2D eigenvalue weighted by atomic mass is 35.5. The maximum absolute atomic E-state index is 14.8. The lowest BCUT2D eigenvalue weighted by Gasteiger charge is -2.12. The van der Waals surface area contributed by atoms with Gasteiger partial charge in [-0.15, -0.1) is 10.2 Å². The fourth-order valence-corrected chi connectivity index (χ4v) is 7.28.